The van der Waals surface area contributed by atoms with Crippen LogP contribution in [0.5, 0.6) is 11.5 Å². The fraction of sp³-hybridized carbons (Fsp3) is 0.615. The van der Waals surface area contributed by atoms with Gasteiger partial charge in [0.15, 0.2) is 11.5 Å². The molecule has 214 valence electrons. The van der Waals surface area contributed by atoms with Crippen molar-refractivity contribution < 1.29 is 52.3 Å². The second-order valence-corrected chi connectivity index (χ2v) is 9.15. The number of rotatable bonds is 13. The van der Waals surface area contributed by atoms with Gasteiger partial charge in [0, 0.05) is 0 Å². The normalized spacial score (nSPS) is 13.2. The summed E-state index contributed by atoms with van der Waals surface area (Å²) in [5.41, 5.74) is 6.46. The Kier molecular flexibility index (Phi) is 14.0. The lowest BCUT2D eigenvalue weighted by Crippen LogP contribution is -2.36. The van der Waals surface area contributed by atoms with Gasteiger partial charge in [0.2, 0.25) is 0 Å². The van der Waals surface area contributed by atoms with Crippen LogP contribution in [0.25, 0.3) is 0 Å². The lowest BCUT2D eigenvalue weighted by Gasteiger charge is -2.18. The Morgan fingerprint density at radius 3 is 1.87 bits per heavy atom. The molecule has 0 aliphatic heterocycles. The van der Waals surface area contributed by atoms with Gasteiger partial charge in [-0.05, 0) is 72.1 Å². The second kappa shape index (κ2) is 16.3. The van der Waals surface area contributed by atoms with Gasteiger partial charge in [-0.2, -0.15) is 0 Å². The minimum absolute atomic E-state index is 0.00302. The summed E-state index contributed by atoms with van der Waals surface area (Å²) >= 11 is 0. The largest absolute Gasteiger partial charge is 0.514 e. The highest BCUT2D eigenvalue weighted by atomic mass is 16.8. The SMILES string of the molecule is CCCC(C)OC(=O)O[C@@H](C)COC(=O)[C@@H](N)Cc1ccc(OC(=O)OC(C)C)c(OC(=O)OC(C)C)c1. The molecule has 0 radical (unpaired) electrons. The Morgan fingerprint density at radius 1 is 0.763 bits per heavy atom. The number of hydrogen-bond donors (Lipinski definition) is 1. The second-order valence-electron chi connectivity index (χ2n) is 9.15. The highest BCUT2D eigenvalue weighted by Crippen LogP contribution is 2.30. The van der Waals surface area contributed by atoms with E-state index in [2.05, 4.69) is 0 Å². The number of carbonyl (C=O) groups is 4. The zero-order valence-corrected chi connectivity index (χ0v) is 23.0. The highest BCUT2D eigenvalue weighted by molar-refractivity contribution is 5.76. The van der Waals surface area contributed by atoms with Gasteiger partial charge in [-0.15, -0.1) is 0 Å². The van der Waals surface area contributed by atoms with Crippen molar-refractivity contribution in [2.75, 3.05) is 6.61 Å². The number of carbonyl (C=O) groups excluding carboxylic acids is 4. The Hall–Kier alpha value is -3.54. The molecule has 0 amide bonds. The van der Waals surface area contributed by atoms with Gasteiger partial charge in [-0.3, -0.25) is 4.79 Å². The molecule has 1 rings (SSSR count). The van der Waals surface area contributed by atoms with Crippen LogP contribution in [-0.4, -0.2) is 61.5 Å². The fourth-order valence-electron chi connectivity index (χ4n) is 2.96. The van der Waals surface area contributed by atoms with Crippen molar-refractivity contribution in [3.8, 4) is 11.5 Å². The first-order valence-corrected chi connectivity index (χ1v) is 12.5. The van der Waals surface area contributed by atoms with Crippen LogP contribution in [0.3, 0.4) is 0 Å². The van der Waals surface area contributed by atoms with E-state index < -0.39 is 48.8 Å². The predicted octanol–water partition coefficient (Wildman–Crippen LogP) is 4.68. The molecular weight excluding hydrogens is 502 g/mol. The molecule has 0 fully saturated rings. The first kappa shape index (κ1) is 32.5. The monoisotopic (exact) mass is 541 g/mol. The van der Waals surface area contributed by atoms with E-state index in [1.165, 1.54) is 18.2 Å². The topological polar surface area (TPSA) is 159 Å². The number of esters is 1. The van der Waals surface area contributed by atoms with E-state index in [1.54, 1.807) is 41.5 Å². The van der Waals surface area contributed by atoms with E-state index in [1.807, 2.05) is 6.92 Å². The van der Waals surface area contributed by atoms with Crippen molar-refractivity contribution in [1.29, 1.82) is 0 Å². The number of benzene rings is 1. The summed E-state index contributed by atoms with van der Waals surface area (Å²) < 4.78 is 35.6. The summed E-state index contributed by atoms with van der Waals surface area (Å²) in [4.78, 5) is 48.1. The molecule has 0 spiro atoms. The van der Waals surface area contributed by atoms with Crippen LogP contribution >= 0.6 is 0 Å². The quantitative estimate of drug-likeness (QED) is 0.209. The third-order valence-corrected chi connectivity index (χ3v) is 4.57. The molecule has 0 aliphatic carbocycles. The van der Waals surface area contributed by atoms with Gasteiger partial charge in [-0.1, -0.05) is 19.4 Å². The Morgan fingerprint density at radius 2 is 1.32 bits per heavy atom. The Balaban J connectivity index is 2.79. The van der Waals surface area contributed by atoms with E-state index in [-0.39, 0.29) is 30.6 Å². The maximum absolute atomic E-state index is 12.4. The smallest absolute Gasteiger partial charge is 0.461 e. The van der Waals surface area contributed by atoms with Gasteiger partial charge < -0.3 is 38.9 Å². The first-order chi connectivity index (χ1) is 17.8. The number of hydrogen-bond acceptors (Lipinski definition) is 12. The van der Waals surface area contributed by atoms with Crippen molar-refractivity contribution in [2.24, 2.45) is 5.73 Å². The molecule has 0 aromatic heterocycles. The van der Waals surface area contributed by atoms with E-state index in [0.29, 0.717) is 12.0 Å². The molecule has 38 heavy (non-hydrogen) atoms. The van der Waals surface area contributed by atoms with Crippen LogP contribution in [-0.2, 0) is 34.9 Å². The molecule has 0 bridgehead atoms. The minimum atomic E-state index is -1.09. The molecule has 0 aliphatic rings. The minimum Gasteiger partial charge on any atom is -0.461 e. The molecule has 0 heterocycles. The van der Waals surface area contributed by atoms with Crippen molar-refractivity contribution in [3.63, 3.8) is 0 Å². The molecule has 2 N–H and O–H groups in total. The summed E-state index contributed by atoms with van der Waals surface area (Å²) in [6.07, 6.45) is -3.20. The van der Waals surface area contributed by atoms with E-state index in [4.69, 9.17) is 38.9 Å². The third-order valence-electron chi connectivity index (χ3n) is 4.57. The van der Waals surface area contributed by atoms with Crippen LogP contribution in [0.4, 0.5) is 14.4 Å². The molecule has 1 aromatic rings. The van der Waals surface area contributed by atoms with Crippen molar-refractivity contribution in [3.05, 3.63) is 23.8 Å². The van der Waals surface area contributed by atoms with Gasteiger partial charge in [-0.25, -0.2) is 14.4 Å². The van der Waals surface area contributed by atoms with Crippen molar-refractivity contribution in [1.82, 2.24) is 0 Å². The van der Waals surface area contributed by atoms with Crippen LogP contribution in [0.15, 0.2) is 18.2 Å². The molecule has 0 saturated carbocycles. The Bertz CT molecular complexity index is 932. The summed E-state index contributed by atoms with van der Waals surface area (Å²) in [5.74, 6) is -0.967. The highest BCUT2D eigenvalue weighted by Gasteiger charge is 2.22. The average molecular weight is 542 g/mol. The Labute approximate surface area is 223 Å². The molecule has 1 aromatic carbocycles. The standard InChI is InChI=1S/C26H39NO11/c1-8-9-17(6)35-26(31)36-18(7)14-32-23(28)20(27)12-19-10-11-21(37-24(29)33-15(2)3)22(13-19)38-25(30)34-16(4)5/h10-11,13,15-18,20H,8-9,12,14,27H2,1-7H3/t17?,18-,20-/m0/s1. The third kappa shape index (κ3) is 13.1. The lowest BCUT2D eigenvalue weighted by molar-refractivity contribution is -0.148. The average Bonchev–Trinajstić information content (AvgIpc) is 2.77. The summed E-state index contributed by atoms with van der Waals surface area (Å²) in [5, 5.41) is 0. The van der Waals surface area contributed by atoms with Crippen molar-refractivity contribution >= 4 is 24.4 Å². The summed E-state index contributed by atoms with van der Waals surface area (Å²) in [6, 6.07) is 3.19. The van der Waals surface area contributed by atoms with Gasteiger partial charge in [0.25, 0.3) is 0 Å². The van der Waals surface area contributed by atoms with E-state index in [0.717, 1.165) is 6.42 Å². The van der Waals surface area contributed by atoms with Crippen molar-refractivity contribution in [2.45, 2.75) is 98.2 Å². The van der Waals surface area contributed by atoms with Crippen LogP contribution in [0.2, 0.25) is 0 Å². The lowest BCUT2D eigenvalue weighted by atomic mass is 10.1. The summed E-state index contributed by atoms with van der Waals surface area (Å²) in [7, 11) is 0. The zero-order valence-electron chi connectivity index (χ0n) is 23.0. The van der Waals surface area contributed by atoms with E-state index in [9.17, 15) is 19.2 Å². The molecule has 3 atom stereocenters. The van der Waals surface area contributed by atoms with Gasteiger partial charge in [0.05, 0.1) is 12.2 Å². The predicted molar refractivity (Wildman–Crippen MR) is 135 cm³/mol. The van der Waals surface area contributed by atoms with Crippen LogP contribution in [0, 0.1) is 0 Å². The molecule has 12 nitrogen and oxygen atoms in total. The number of ether oxygens (including phenoxy) is 7. The fourth-order valence-corrected chi connectivity index (χ4v) is 2.96. The maximum atomic E-state index is 12.4. The first-order valence-electron chi connectivity index (χ1n) is 12.5. The molecule has 0 saturated heterocycles. The summed E-state index contributed by atoms with van der Waals surface area (Å²) in [6.45, 7) is 11.6. The van der Waals surface area contributed by atoms with Gasteiger partial charge in [0.1, 0.15) is 24.9 Å². The van der Waals surface area contributed by atoms with Crippen LogP contribution < -0.4 is 15.2 Å². The molecular formula is C26H39NO11. The zero-order chi connectivity index (χ0) is 28.8. The maximum Gasteiger partial charge on any atom is 0.514 e. The molecule has 1 unspecified atom stereocenters. The van der Waals surface area contributed by atoms with Gasteiger partial charge >= 0.3 is 24.4 Å². The number of nitrogens with two attached hydrogens (primary N) is 1. The van der Waals surface area contributed by atoms with Crippen LogP contribution in [0.1, 0.15) is 66.9 Å². The molecule has 12 heteroatoms. The van der Waals surface area contributed by atoms with E-state index >= 15 is 0 Å².